The van der Waals surface area contributed by atoms with Crippen molar-refractivity contribution >= 4 is 17.1 Å². The molecular formula is C19H24N2O2. The van der Waals surface area contributed by atoms with Gasteiger partial charge in [-0.25, -0.2) is 0 Å². The van der Waals surface area contributed by atoms with Crippen LogP contribution in [0, 0.1) is 10.6 Å². The van der Waals surface area contributed by atoms with E-state index in [4.69, 9.17) is 0 Å². The van der Waals surface area contributed by atoms with E-state index in [2.05, 4.69) is 30.9 Å². The van der Waals surface area contributed by atoms with Gasteiger partial charge >= 0.3 is 0 Å². The first-order valence-electron chi connectivity index (χ1n) is 8.27. The van der Waals surface area contributed by atoms with E-state index in [1.54, 1.807) is 12.1 Å². The molecule has 1 unspecified atom stereocenters. The highest BCUT2D eigenvalue weighted by Crippen LogP contribution is 2.39. The van der Waals surface area contributed by atoms with E-state index in [1.807, 2.05) is 24.3 Å². The van der Waals surface area contributed by atoms with Crippen molar-refractivity contribution in [3.05, 3.63) is 53.7 Å². The van der Waals surface area contributed by atoms with Crippen molar-refractivity contribution in [2.24, 2.45) is 5.41 Å². The Bertz CT molecular complexity index is 668. The molecule has 1 aliphatic heterocycles. The molecule has 0 amide bonds. The number of hydrogen-bond donors (Lipinski definition) is 2. The van der Waals surface area contributed by atoms with Crippen molar-refractivity contribution in [3.63, 3.8) is 0 Å². The summed E-state index contributed by atoms with van der Waals surface area (Å²) in [6.45, 7) is 5.66. The van der Waals surface area contributed by atoms with Crippen molar-refractivity contribution in [1.82, 2.24) is 0 Å². The molecule has 0 aliphatic carbocycles. The second-order valence-electron chi connectivity index (χ2n) is 6.43. The van der Waals surface area contributed by atoms with Crippen LogP contribution in [-0.4, -0.2) is 18.2 Å². The predicted octanol–water partition coefficient (Wildman–Crippen LogP) is 3.36. The molecule has 0 radical (unpaired) electrons. The molecule has 0 spiro atoms. The van der Waals surface area contributed by atoms with E-state index < -0.39 is 0 Å². The van der Waals surface area contributed by atoms with Gasteiger partial charge in [0.15, 0.2) is 5.69 Å². The van der Waals surface area contributed by atoms with Crippen LogP contribution in [0.4, 0.5) is 17.1 Å². The van der Waals surface area contributed by atoms with Gasteiger partial charge in [-0.2, -0.15) is 0 Å². The normalized spacial score (nSPS) is 20.0. The van der Waals surface area contributed by atoms with Gasteiger partial charge in [0.2, 0.25) is 0 Å². The number of aromatic hydroxyl groups is 1. The minimum Gasteiger partial charge on any atom is -0.629 e. The van der Waals surface area contributed by atoms with Gasteiger partial charge in [-0.05, 0) is 37.1 Å². The van der Waals surface area contributed by atoms with Crippen molar-refractivity contribution in [3.8, 4) is 5.75 Å². The standard InChI is InChI=1S/C19H24N2O2/c1-3-19(4-2)13-20(15-8-6-5-7-9-15)17-11-10-16(22)12-18(17)21(23)14-19/h5-12,21-22H,3-4,13-14H2,1-2H3. The summed E-state index contributed by atoms with van der Waals surface area (Å²) >= 11 is 0. The van der Waals surface area contributed by atoms with Gasteiger partial charge < -0.3 is 20.3 Å². The highest BCUT2D eigenvalue weighted by molar-refractivity contribution is 5.73. The molecule has 4 heteroatoms. The number of hydroxylamine groups is 1. The average Bonchev–Trinajstić information content (AvgIpc) is 2.71. The van der Waals surface area contributed by atoms with Gasteiger partial charge in [0.1, 0.15) is 11.4 Å². The van der Waals surface area contributed by atoms with Gasteiger partial charge in [0.25, 0.3) is 0 Å². The maximum absolute atomic E-state index is 12.8. The Hall–Kier alpha value is -2.04. The average molecular weight is 312 g/mol. The SMILES string of the molecule is CCC1(CC)CN(c2ccccc2)c2ccc(O)cc2[NH+]([O-])C1. The van der Waals surface area contributed by atoms with E-state index in [0.717, 1.165) is 30.8 Å². The molecule has 0 saturated carbocycles. The Morgan fingerprint density at radius 3 is 2.48 bits per heavy atom. The lowest BCUT2D eigenvalue weighted by atomic mass is 9.81. The highest BCUT2D eigenvalue weighted by Gasteiger charge is 2.37. The third-order valence-corrected chi connectivity index (χ3v) is 5.17. The van der Waals surface area contributed by atoms with Gasteiger partial charge in [-0.15, -0.1) is 0 Å². The Kier molecular flexibility index (Phi) is 4.28. The molecule has 1 atom stereocenters. The molecule has 3 rings (SSSR count). The molecule has 0 aromatic heterocycles. The summed E-state index contributed by atoms with van der Waals surface area (Å²) < 4.78 is 0. The highest BCUT2D eigenvalue weighted by atomic mass is 16.5. The molecule has 4 nitrogen and oxygen atoms in total. The number of hydrogen-bond acceptors (Lipinski definition) is 3. The molecule has 2 aromatic carbocycles. The number of rotatable bonds is 3. The smallest absolute Gasteiger partial charge is 0.158 e. The Labute approximate surface area is 137 Å². The third kappa shape index (κ3) is 2.92. The lowest BCUT2D eigenvalue weighted by molar-refractivity contribution is -0.784. The number of nitrogens with one attached hydrogen (secondary N) is 1. The molecule has 1 aliphatic rings. The largest absolute Gasteiger partial charge is 0.629 e. The quantitative estimate of drug-likeness (QED) is 0.855. The van der Waals surface area contributed by atoms with E-state index in [1.165, 1.54) is 0 Å². The van der Waals surface area contributed by atoms with Crippen LogP contribution in [-0.2, 0) is 0 Å². The van der Waals surface area contributed by atoms with Gasteiger partial charge in [0.05, 0.1) is 6.54 Å². The van der Waals surface area contributed by atoms with E-state index in [9.17, 15) is 10.3 Å². The van der Waals surface area contributed by atoms with Gasteiger partial charge in [0, 0.05) is 23.7 Å². The van der Waals surface area contributed by atoms with Gasteiger partial charge in [-0.3, -0.25) is 0 Å². The summed E-state index contributed by atoms with van der Waals surface area (Å²) in [5, 5.41) is 22.8. The van der Waals surface area contributed by atoms with Crippen molar-refractivity contribution in [2.75, 3.05) is 18.0 Å². The first-order chi connectivity index (χ1) is 11.1. The lowest BCUT2D eigenvalue weighted by Crippen LogP contribution is -3.03. The van der Waals surface area contributed by atoms with Crippen LogP contribution >= 0.6 is 0 Å². The van der Waals surface area contributed by atoms with Crippen molar-refractivity contribution in [1.29, 1.82) is 0 Å². The summed E-state index contributed by atoms with van der Waals surface area (Å²) in [6.07, 6.45) is 1.91. The monoisotopic (exact) mass is 312 g/mol. The van der Waals surface area contributed by atoms with Crippen LogP contribution in [0.2, 0.25) is 0 Å². The zero-order valence-corrected chi connectivity index (χ0v) is 13.7. The van der Waals surface area contributed by atoms with Crippen LogP contribution in [0.5, 0.6) is 5.75 Å². The second-order valence-corrected chi connectivity index (χ2v) is 6.43. The topological polar surface area (TPSA) is 51.0 Å². The molecule has 2 aromatic rings. The van der Waals surface area contributed by atoms with Crippen LogP contribution < -0.4 is 9.96 Å². The molecule has 0 bridgehead atoms. The maximum Gasteiger partial charge on any atom is 0.158 e. The molecule has 1 heterocycles. The Morgan fingerprint density at radius 2 is 1.83 bits per heavy atom. The summed E-state index contributed by atoms with van der Waals surface area (Å²) in [5.74, 6) is 0.144. The molecule has 0 saturated heterocycles. The second kappa shape index (κ2) is 6.22. The van der Waals surface area contributed by atoms with Crippen LogP contribution in [0.15, 0.2) is 48.5 Å². The molecule has 2 N–H and O–H groups in total. The first-order valence-corrected chi connectivity index (χ1v) is 8.27. The molecular weight excluding hydrogens is 288 g/mol. The first kappa shape index (κ1) is 15.8. The summed E-state index contributed by atoms with van der Waals surface area (Å²) in [6, 6.07) is 15.3. The molecule has 0 fully saturated rings. The van der Waals surface area contributed by atoms with E-state index in [0.29, 0.717) is 12.2 Å². The maximum atomic E-state index is 12.8. The van der Waals surface area contributed by atoms with Crippen molar-refractivity contribution in [2.45, 2.75) is 26.7 Å². The number of quaternary nitrogens is 1. The number of anilines is 2. The van der Waals surface area contributed by atoms with Crippen LogP contribution in [0.3, 0.4) is 0 Å². The van der Waals surface area contributed by atoms with Crippen molar-refractivity contribution < 1.29 is 10.2 Å². The Balaban J connectivity index is 2.16. The number of fused-ring (bicyclic) bond motifs is 1. The van der Waals surface area contributed by atoms with E-state index in [-0.39, 0.29) is 16.2 Å². The molecule has 23 heavy (non-hydrogen) atoms. The number of phenols is 1. The summed E-state index contributed by atoms with van der Waals surface area (Å²) in [7, 11) is 0. The minimum absolute atomic E-state index is 0.0401. The number of para-hydroxylation sites is 1. The zero-order chi connectivity index (χ0) is 16.4. The van der Waals surface area contributed by atoms with Crippen LogP contribution in [0.25, 0.3) is 0 Å². The fraction of sp³-hybridized carbons (Fsp3) is 0.368. The lowest BCUT2D eigenvalue weighted by Gasteiger charge is -2.35. The fourth-order valence-corrected chi connectivity index (χ4v) is 3.46. The number of benzene rings is 2. The minimum atomic E-state index is -0.0401. The number of phenolic OH excluding ortho intramolecular Hbond substituents is 1. The number of nitrogens with zero attached hydrogens (tertiary/aromatic N) is 1. The Morgan fingerprint density at radius 1 is 1.13 bits per heavy atom. The van der Waals surface area contributed by atoms with Gasteiger partial charge in [-0.1, -0.05) is 32.0 Å². The molecule has 122 valence electrons. The zero-order valence-electron chi connectivity index (χ0n) is 13.7. The van der Waals surface area contributed by atoms with E-state index >= 15 is 0 Å². The van der Waals surface area contributed by atoms with Crippen LogP contribution in [0.1, 0.15) is 26.7 Å². The summed E-state index contributed by atoms with van der Waals surface area (Å²) in [5.41, 5.74) is 2.56. The third-order valence-electron chi connectivity index (χ3n) is 5.17. The fourth-order valence-electron chi connectivity index (χ4n) is 3.46. The summed E-state index contributed by atoms with van der Waals surface area (Å²) in [4.78, 5) is 2.23. The predicted molar refractivity (Wildman–Crippen MR) is 93.4 cm³/mol.